The van der Waals surface area contributed by atoms with Crippen LogP contribution in [-0.2, 0) is 9.59 Å². The van der Waals surface area contributed by atoms with Crippen LogP contribution in [0.15, 0.2) is 67.0 Å². The van der Waals surface area contributed by atoms with Crippen LogP contribution >= 0.6 is 0 Å². The van der Waals surface area contributed by atoms with Gasteiger partial charge in [0.05, 0.1) is 27.8 Å². The molecule has 1 aliphatic carbocycles. The summed E-state index contributed by atoms with van der Waals surface area (Å²) < 4.78 is 6.62. The number of nitriles is 1. The Labute approximate surface area is 317 Å². The number of rotatable bonds is 7. The lowest BCUT2D eigenvalue weighted by Crippen LogP contribution is -2.74. The van der Waals surface area contributed by atoms with Gasteiger partial charge >= 0.3 is 0 Å². The number of hydrogen-bond donors (Lipinski definition) is 2. The molecule has 280 valence electrons. The van der Waals surface area contributed by atoms with Crippen molar-refractivity contribution < 1.29 is 28.7 Å². The molecule has 14 nitrogen and oxygen atoms in total. The Hall–Kier alpha value is -6.36. The highest BCUT2D eigenvalue weighted by Gasteiger charge is 2.64. The first-order valence-corrected chi connectivity index (χ1v) is 18.4. The van der Waals surface area contributed by atoms with E-state index < -0.39 is 40.5 Å². The van der Waals surface area contributed by atoms with Gasteiger partial charge < -0.3 is 19.9 Å². The molecule has 1 atom stereocenters. The standard InChI is InChI=1S/C41H40N8O6/c1-40(2)38(41(3,4)39(40)55-30-12-7-23(21-42)33-27(30)6-5-15-43-33)46-34(51)24-8-13-31(44-22-24)48-18-16-47(17-19-48)25-9-10-26-28(20-25)37(54)49(36(26)53)29-11-14-32(50)45-35(29)52/h5-10,12-13,15,20,22,29,38-39H,11,14,16-19H2,1-4H3,(H,46,51)(H,45,50,52). The third-order valence-electron chi connectivity index (χ3n) is 11.6. The van der Waals surface area contributed by atoms with Crippen molar-refractivity contribution >= 4 is 51.9 Å². The monoisotopic (exact) mass is 740 g/mol. The first-order chi connectivity index (χ1) is 26.3. The van der Waals surface area contributed by atoms with Crippen LogP contribution in [0, 0.1) is 22.2 Å². The molecule has 5 heterocycles. The van der Waals surface area contributed by atoms with Crippen LogP contribution < -0.4 is 25.2 Å². The second kappa shape index (κ2) is 13.2. The van der Waals surface area contributed by atoms with Crippen molar-refractivity contribution in [3.8, 4) is 11.8 Å². The number of carbonyl (C=O) groups is 5. The molecule has 0 bridgehead atoms. The maximum atomic E-state index is 13.6. The average Bonchev–Trinajstić information content (AvgIpc) is 3.43. The van der Waals surface area contributed by atoms with Crippen molar-refractivity contribution in [2.24, 2.45) is 10.8 Å². The highest BCUT2D eigenvalue weighted by molar-refractivity contribution is 6.23. The number of anilines is 2. The number of ether oxygens (including phenoxy) is 1. The van der Waals surface area contributed by atoms with E-state index in [4.69, 9.17) is 4.74 Å². The summed E-state index contributed by atoms with van der Waals surface area (Å²) in [5, 5.41) is 15.8. The molecule has 3 fully saturated rings. The Morgan fingerprint density at radius 3 is 2.33 bits per heavy atom. The molecule has 0 radical (unpaired) electrons. The van der Waals surface area contributed by atoms with Crippen LogP contribution in [0.1, 0.15) is 77.2 Å². The number of carbonyl (C=O) groups excluding carboxylic acids is 5. The molecule has 55 heavy (non-hydrogen) atoms. The average molecular weight is 741 g/mol. The number of pyridine rings is 2. The zero-order chi connectivity index (χ0) is 38.8. The van der Waals surface area contributed by atoms with Crippen molar-refractivity contribution in [3.05, 3.63) is 89.2 Å². The molecule has 8 rings (SSSR count). The SMILES string of the molecule is CC1(C)C(NC(=O)c2ccc(N3CCN(c4ccc5c(c4)C(=O)N(C4CCC(=O)NC4=O)C5=O)CC3)nc2)C(C)(C)C1Oc1ccc(C#N)c2ncccc12. The summed E-state index contributed by atoms with van der Waals surface area (Å²) in [7, 11) is 0. The lowest BCUT2D eigenvalue weighted by atomic mass is 9.49. The van der Waals surface area contributed by atoms with Crippen molar-refractivity contribution in [2.45, 2.75) is 58.7 Å². The first-order valence-electron chi connectivity index (χ1n) is 18.4. The van der Waals surface area contributed by atoms with Gasteiger partial charge in [-0.25, -0.2) is 4.98 Å². The Kier molecular flexibility index (Phi) is 8.55. The summed E-state index contributed by atoms with van der Waals surface area (Å²) in [5.41, 5.74) is 1.99. The smallest absolute Gasteiger partial charge is 0.262 e. The van der Waals surface area contributed by atoms with Crippen LogP contribution in [-0.4, -0.2) is 88.8 Å². The zero-order valence-corrected chi connectivity index (χ0v) is 31.0. The van der Waals surface area contributed by atoms with Gasteiger partial charge in [0.15, 0.2) is 0 Å². The molecule has 2 aromatic carbocycles. The zero-order valence-electron chi connectivity index (χ0n) is 31.0. The molecule has 5 amide bonds. The van der Waals surface area contributed by atoms with E-state index in [0.717, 1.165) is 21.8 Å². The molecule has 1 unspecified atom stereocenters. The molecule has 1 saturated carbocycles. The minimum Gasteiger partial charge on any atom is -0.488 e. The quantitative estimate of drug-likeness (QED) is 0.263. The third-order valence-corrected chi connectivity index (χ3v) is 11.6. The molecule has 3 aliphatic heterocycles. The van der Waals surface area contributed by atoms with Crippen molar-refractivity contribution in [2.75, 3.05) is 36.0 Å². The van der Waals surface area contributed by atoms with Gasteiger partial charge in [-0.2, -0.15) is 5.26 Å². The minimum atomic E-state index is -1.01. The van der Waals surface area contributed by atoms with E-state index in [9.17, 15) is 29.2 Å². The second-order valence-corrected chi connectivity index (χ2v) is 15.7. The van der Waals surface area contributed by atoms with Gasteiger partial charge in [-0.15, -0.1) is 0 Å². The molecule has 4 aromatic rings. The van der Waals surface area contributed by atoms with E-state index in [2.05, 4.69) is 64.2 Å². The number of imide groups is 2. The van der Waals surface area contributed by atoms with E-state index in [1.165, 1.54) is 0 Å². The fourth-order valence-electron chi connectivity index (χ4n) is 9.04. The van der Waals surface area contributed by atoms with Gasteiger partial charge in [0.25, 0.3) is 17.7 Å². The maximum absolute atomic E-state index is 13.6. The summed E-state index contributed by atoms with van der Waals surface area (Å²) in [4.78, 5) is 78.3. The highest BCUT2D eigenvalue weighted by Crippen LogP contribution is 2.56. The van der Waals surface area contributed by atoms with Crippen molar-refractivity contribution in [1.82, 2.24) is 25.5 Å². The predicted molar refractivity (Wildman–Crippen MR) is 201 cm³/mol. The number of piperazine rings is 1. The third kappa shape index (κ3) is 5.90. The fraction of sp³-hybridized carbons (Fsp3) is 0.366. The molecule has 4 aliphatic rings. The summed E-state index contributed by atoms with van der Waals surface area (Å²) in [5.74, 6) is -0.938. The summed E-state index contributed by atoms with van der Waals surface area (Å²) in [6, 6.07) is 17.0. The minimum absolute atomic E-state index is 0.0665. The Morgan fingerprint density at radius 1 is 0.909 bits per heavy atom. The molecule has 2 saturated heterocycles. The van der Waals surface area contributed by atoms with E-state index in [1.807, 2.05) is 30.3 Å². The Morgan fingerprint density at radius 2 is 1.64 bits per heavy atom. The largest absolute Gasteiger partial charge is 0.488 e. The second-order valence-electron chi connectivity index (χ2n) is 15.7. The number of piperidine rings is 1. The number of fused-ring (bicyclic) bond motifs is 2. The predicted octanol–water partition coefficient (Wildman–Crippen LogP) is 3.84. The van der Waals surface area contributed by atoms with Crippen LogP contribution in [0.3, 0.4) is 0 Å². The summed E-state index contributed by atoms with van der Waals surface area (Å²) in [6.45, 7) is 10.9. The topological polar surface area (TPSA) is 178 Å². The number of benzene rings is 2. The molecule has 14 heteroatoms. The lowest BCUT2D eigenvalue weighted by molar-refractivity contribution is -0.163. The normalized spacial score (nSPS) is 22.8. The number of amides is 5. The molecular formula is C41H40N8O6. The van der Waals surface area contributed by atoms with Gasteiger partial charge in [-0.3, -0.25) is 39.2 Å². The Balaban J connectivity index is 0.882. The maximum Gasteiger partial charge on any atom is 0.262 e. The van der Waals surface area contributed by atoms with Crippen LogP contribution in [0.4, 0.5) is 11.5 Å². The molecular weight excluding hydrogens is 701 g/mol. The van der Waals surface area contributed by atoms with Crippen molar-refractivity contribution in [1.29, 1.82) is 5.26 Å². The summed E-state index contributed by atoms with van der Waals surface area (Å²) >= 11 is 0. The number of nitrogens with one attached hydrogen (secondary N) is 2. The number of nitrogens with zero attached hydrogens (tertiary/aromatic N) is 6. The van der Waals surface area contributed by atoms with Crippen LogP contribution in [0.5, 0.6) is 5.75 Å². The lowest BCUT2D eigenvalue weighted by Gasteiger charge is -2.63. The van der Waals surface area contributed by atoms with Gasteiger partial charge in [0.2, 0.25) is 11.8 Å². The van der Waals surface area contributed by atoms with Gasteiger partial charge in [0.1, 0.15) is 29.8 Å². The first kappa shape index (κ1) is 35.7. The number of aromatic nitrogens is 2. The summed E-state index contributed by atoms with van der Waals surface area (Å²) in [6.07, 6.45) is 3.20. The van der Waals surface area contributed by atoms with E-state index in [-0.39, 0.29) is 42.0 Å². The van der Waals surface area contributed by atoms with Gasteiger partial charge in [0, 0.05) is 72.9 Å². The highest BCUT2D eigenvalue weighted by atomic mass is 16.5. The fourth-order valence-corrected chi connectivity index (χ4v) is 9.04. The van der Waals surface area contributed by atoms with E-state index >= 15 is 0 Å². The van der Waals surface area contributed by atoms with Gasteiger partial charge in [-0.05, 0) is 61.0 Å². The van der Waals surface area contributed by atoms with E-state index in [1.54, 1.807) is 36.7 Å². The van der Waals surface area contributed by atoms with Crippen molar-refractivity contribution in [3.63, 3.8) is 0 Å². The van der Waals surface area contributed by atoms with Crippen LogP contribution in [0.25, 0.3) is 10.9 Å². The van der Waals surface area contributed by atoms with Gasteiger partial charge in [-0.1, -0.05) is 27.7 Å². The molecule has 2 N–H and O–H groups in total. The van der Waals surface area contributed by atoms with Crippen LogP contribution in [0.2, 0.25) is 0 Å². The van der Waals surface area contributed by atoms with E-state index in [0.29, 0.717) is 48.6 Å². The Bertz CT molecular complexity index is 2310. The molecule has 2 aromatic heterocycles. The molecule has 0 spiro atoms. The number of hydrogen-bond acceptors (Lipinski definition) is 11.